The van der Waals surface area contributed by atoms with Crippen LogP contribution in [0.5, 0.6) is 0 Å². The summed E-state index contributed by atoms with van der Waals surface area (Å²) in [5, 5.41) is 0.543. The van der Waals surface area contributed by atoms with Crippen molar-refractivity contribution in [2.75, 3.05) is 0 Å². The van der Waals surface area contributed by atoms with Gasteiger partial charge in [0.2, 0.25) is 5.91 Å². The molecule has 160 valence electrons. The predicted octanol–water partition coefficient (Wildman–Crippen LogP) is 4.59. The predicted molar refractivity (Wildman–Crippen MR) is 125 cm³/mol. The monoisotopic (exact) mass is 423 g/mol. The first kappa shape index (κ1) is 20.2. The number of carbonyl (C=O) groups excluding carboxylic acids is 1. The van der Waals surface area contributed by atoms with Gasteiger partial charge >= 0.3 is 0 Å². The largest absolute Gasteiger partial charge is 0.326 e. The highest BCUT2D eigenvalue weighted by Crippen LogP contribution is 2.34. The van der Waals surface area contributed by atoms with Gasteiger partial charge in [0.15, 0.2) is 0 Å². The number of aromatic nitrogens is 2. The highest BCUT2D eigenvalue weighted by molar-refractivity contribution is 5.83. The van der Waals surface area contributed by atoms with E-state index in [1.807, 2.05) is 53.4 Å². The average Bonchev–Trinajstić information content (AvgIpc) is 2.81. The molecule has 4 aromatic rings. The van der Waals surface area contributed by atoms with E-state index in [1.54, 1.807) is 17.6 Å². The Morgan fingerprint density at radius 1 is 0.844 bits per heavy atom. The van der Waals surface area contributed by atoms with Gasteiger partial charge < -0.3 is 4.90 Å². The van der Waals surface area contributed by atoms with Crippen molar-refractivity contribution in [1.29, 1.82) is 0 Å². The first-order valence-corrected chi connectivity index (χ1v) is 10.9. The van der Waals surface area contributed by atoms with Crippen LogP contribution in [0.2, 0.25) is 0 Å². The summed E-state index contributed by atoms with van der Waals surface area (Å²) in [6, 6.07) is 24.7. The van der Waals surface area contributed by atoms with Crippen LogP contribution in [0.25, 0.3) is 10.9 Å². The van der Waals surface area contributed by atoms with Crippen LogP contribution in [0.15, 0.2) is 83.7 Å². The SMILES string of the molecule is Cc1ccc(C[C@H]2c3nc4ccccc4c(=O)n3[C@@H](C)C(=O)N2Cc2ccccc2)cc1. The zero-order valence-electron chi connectivity index (χ0n) is 18.2. The van der Waals surface area contributed by atoms with Crippen molar-refractivity contribution >= 4 is 16.8 Å². The van der Waals surface area contributed by atoms with E-state index in [-0.39, 0.29) is 17.5 Å². The minimum atomic E-state index is -0.604. The lowest BCUT2D eigenvalue weighted by Crippen LogP contribution is -2.49. The molecule has 3 aromatic carbocycles. The van der Waals surface area contributed by atoms with Crippen molar-refractivity contribution in [3.63, 3.8) is 0 Å². The van der Waals surface area contributed by atoms with Crippen molar-refractivity contribution in [2.45, 2.75) is 38.9 Å². The third-order valence-corrected chi connectivity index (χ3v) is 6.28. The Morgan fingerprint density at radius 2 is 1.53 bits per heavy atom. The van der Waals surface area contributed by atoms with Crippen LogP contribution >= 0.6 is 0 Å². The van der Waals surface area contributed by atoms with Crippen LogP contribution in [-0.4, -0.2) is 20.4 Å². The van der Waals surface area contributed by atoms with Gasteiger partial charge in [-0.25, -0.2) is 4.98 Å². The van der Waals surface area contributed by atoms with Gasteiger partial charge in [0.1, 0.15) is 11.9 Å². The second-order valence-electron chi connectivity index (χ2n) is 8.50. The van der Waals surface area contributed by atoms with Gasteiger partial charge in [0.25, 0.3) is 5.56 Å². The topological polar surface area (TPSA) is 55.2 Å². The van der Waals surface area contributed by atoms with Crippen LogP contribution < -0.4 is 5.56 Å². The molecule has 0 radical (unpaired) electrons. The lowest BCUT2D eigenvalue weighted by Gasteiger charge is -2.40. The van der Waals surface area contributed by atoms with Gasteiger partial charge in [-0.05, 0) is 37.1 Å². The van der Waals surface area contributed by atoms with Crippen LogP contribution in [0.1, 0.15) is 41.5 Å². The Balaban J connectivity index is 1.68. The molecule has 0 saturated carbocycles. The normalized spacial score (nSPS) is 18.1. The van der Waals surface area contributed by atoms with Crippen molar-refractivity contribution in [1.82, 2.24) is 14.5 Å². The van der Waals surface area contributed by atoms with Crippen LogP contribution in [0.3, 0.4) is 0 Å². The second kappa shape index (κ2) is 8.08. The van der Waals surface area contributed by atoms with Crippen molar-refractivity contribution in [2.24, 2.45) is 0 Å². The Bertz CT molecular complexity index is 1340. The van der Waals surface area contributed by atoms with E-state index in [9.17, 15) is 9.59 Å². The summed E-state index contributed by atoms with van der Waals surface area (Å²) < 4.78 is 1.60. The lowest BCUT2D eigenvalue weighted by atomic mass is 9.97. The lowest BCUT2D eigenvalue weighted by molar-refractivity contribution is -0.140. The van der Waals surface area contributed by atoms with E-state index in [4.69, 9.17) is 4.98 Å². The molecule has 5 nitrogen and oxygen atoms in total. The molecule has 0 N–H and O–H groups in total. The van der Waals surface area contributed by atoms with E-state index in [0.29, 0.717) is 29.7 Å². The fourth-order valence-electron chi connectivity index (χ4n) is 4.53. The van der Waals surface area contributed by atoms with Gasteiger partial charge in [-0.3, -0.25) is 14.2 Å². The second-order valence-corrected chi connectivity index (χ2v) is 8.50. The third kappa shape index (κ3) is 3.50. The summed E-state index contributed by atoms with van der Waals surface area (Å²) in [5.74, 6) is 0.593. The number of benzene rings is 3. The van der Waals surface area contributed by atoms with Crippen LogP contribution in [0.4, 0.5) is 0 Å². The first-order valence-electron chi connectivity index (χ1n) is 10.9. The number of aryl methyl sites for hydroxylation is 1. The van der Waals surface area contributed by atoms with Gasteiger partial charge in [-0.1, -0.05) is 72.3 Å². The minimum absolute atomic E-state index is 0.0577. The smallest absolute Gasteiger partial charge is 0.262 e. The molecule has 0 saturated heterocycles. The molecule has 1 aliphatic heterocycles. The molecule has 0 fully saturated rings. The highest BCUT2D eigenvalue weighted by atomic mass is 16.2. The fourth-order valence-corrected chi connectivity index (χ4v) is 4.53. The average molecular weight is 424 g/mol. The van der Waals surface area contributed by atoms with Gasteiger partial charge in [0, 0.05) is 13.0 Å². The van der Waals surface area contributed by atoms with E-state index in [1.165, 1.54) is 5.56 Å². The van der Waals surface area contributed by atoms with Crippen molar-refractivity contribution < 1.29 is 4.79 Å². The molecule has 0 aliphatic carbocycles. The highest BCUT2D eigenvalue weighted by Gasteiger charge is 2.39. The third-order valence-electron chi connectivity index (χ3n) is 6.28. The Labute approximate surface area is 187 Å². The van der Waals surface area contributed by atoms with Gasteiger partial charge in [-0.15, -0.1) is 0 Å². The number of amides is 1. The van der Waals surface area contributed by atoms with E-state index < -0.39 is 6.04 Å². The number of hydrogen-bond donors (Lipinski definition) is 0. The maximum absolute atomic E-state index is 13.6. The van der Waals surface area contributed by atoms with Crippen LogP contribution in [0, 0.1) is 6.92 Å². The molecule has 0 bridgehead atoms. The number of hydrogen-bond acceptors (Lipinski definition) is 3. The van der Waals surface area contributed by atoms with Crippen LogP contribution in [-0.2, 0) is 17.8 Å². The zero-order chi connectivity index (χ0) is 22.2. The molecular formula is C27H25N3O2. The summed E-state index contributed by atoms with van der Waals surface area (Å²) in [6.45, 7) is 4.33. The number of para-hydroxylation sites is 1. The van der Waals surface area contributed by atoms with E-state index in [2.05, 4.69) is 31.2 Å². The number of rotatable bonds is 4. The maximum Gasteiger partial charge on any atom is 0.262 e. The summed E-state index contributed by atoms with van der Waals surface area (Å²) in [5.41, 5.74) is 3.86. The Kier molecular flexibility index (Phi) is 5.10. The molecule has 1 aliphatic rings. The summed E-state index contributed by atoms with van der Waals surface area (Å²) >= 11 is 0. The fraction of sp³-hybridized carbons (Fsp3) is 0.222. The number of carbonyl (C=O) groups is 1. The number of nitrogens with zero attached hydrogens (tertiary/aromatic N) is 3. The molecule has 1 amide bonds. The van der Waals surface area contributed by atoms with Crippen molar-refractivity contribution in [3.8, 4) is 0 Å². The summed E-state index contributed by atoms with van der Waals surface area (Å²) in [4.78, 5) is 33.8. The van der Waals surface area contributed by atoms with Gasteiger partial charge in [-0.2, -0.15) is 0 Å². The first-order chi connectivity index (χ1) is 15.5. The Hall–Kier alpha value is -3.73. The molecule has 2 atom stereocenters. The maximum atomic E-state index is 13.6. The van der Waals surface area contributed by atoms with Crippen molar-refractivity contribution in [3.05, 3.63) is 112 Å². The molecule has 0 unspecified atom stereocenters. The zero-order valence-corrected chi connectivity index (χ0v) is 18.2. The minimum Gasteiger partial charge on any atom is -0.326 e. The summed E-state index contributed by atoms with van der Waals surface area (Å²) in [7, 11) is 0. The van der Waals surface area contributed by atoms with Gasteiger partial charge in [0.05, 0.1) is 16.9 Å². The molecule has 0 spiro atoms. The standard InChI is InChI=1S/C27H25N3O2/c1-18-12-14-20(15-13-18)16-24-25-28-23-11-7-6-10-22(23)27(32)30(25)19(2)26(31)29(24)17-21-8-4-3-5-9-21/h3-15,19,24H,16-17H2,1-2H3/t19-,24-/m0/s1. The summed E-state index contributed by atoms with van der Waals surface area (Å²) in [6.07, 6.45) is 0.594. The molecule has 5 rings (SSSR count). The quantitative estimate of drug-likeness (QED) is 0.482. The molecule has 2 heterocycles. The van der Waals surface area contributed by atoms with E-state index >= 15 is 0 Å². The molecule has 32 heavy (non-hydrogen) atoms. The van der Waals surface area contributed by atoms with E-state index in [0.717, 1.165) is 11.1 Å². The molecular weight excluding hydrogens is 398 g/mol. The molecule has 1 aromatic heterocycles. The molecule has 5 heteroatoms. The number of fused-ring (bicyclic) bond motifs is 2. The Morgan fingerprint density at radius 3 is 2.28 bits per heavy atom.